The van der Waals surface area contributed by atoms with Crippen molar-refractivity contribution in [2.45, 2.75) is 0 Å². The molecule has 0 aliphatic rings. The molecule has 0 amide bonds. The average molecular weight is 170 g/mol. The van der Waals surface area contributed by atoms with Gasteiger partial charge in [0.05, 0.1) is 7.11 Å². The van der Waals surface area contributed by atoms with E-state index in [1.54, 1.807) is 0 Å². The number of hydrogen-bond acceptors (Lipinski definition) is 4. The zero-order valence-corrected chi connectivity index (χ0v) is 6.74. The SMILES string of the molecule is COC(=O)P(=O)(O)SC. The monoisotopic (exact) mass is 170 g/mol. The van der Waals surface area contributed by atoms with Crippen LogP contribution in [0.25, 0.3) is 0 Å². The molecular formula is C3H7O4PS. The Hall–Kier alpha value is 0.01000. The highest BCUT2D eigenvalue weighted by Crippen LogP contribution is 2.54. The van der Waals surface area contributed by atoms with Gasteiger partial charge >= 0.3 is 12.3 Å². The van der Waals surface area contributed by atoms with E-state index < -0.39 is 12.3 Å². The van der Waals surface area contributed by atoms with Gasteiger partial charge in [-0.3, -0.25) is 4.57 Å². The second-order valence-corrected chi connectivity index (χ2v) is 5.52. The first-order valence-electron chi connectivity index (χ1n) is 2.01. The van der Waals surface area contributed by atoms with Crippen molar-refractivity contribution in [1.82, 2.24) is 0 Å². The van der Waals surface area contributed by atoms with Crippen LogP contribution >= 0.6 is 18.0 Å². The molecule has 1 atom stereocenters. The van der Waals surface area contributed by atoms with Crippen LogP contribution in [0.3, 0.4) is 0 Å². The summed E-state index contributed by atoms with van der Waals surface area (Å²) in [6.07, 6.45) is 1.37. The van der Waals surface area contributed by atoms with Gasteiger partial charge in [-0.2, -0.15) is 0 Å². The number of ether oxygens (including phenoxy) is 1. The molecule has 0 fully saturated rings. The molecule has 54 valence electrons. The molecule has 0 heterocycles. The maximum absolute atomic E-state index is 10.6. The summed E-state index contributed by atoms with van der Waals surface area (Å²) < 4.78 is 14.6. The normalized spacial score (nSPS) is 16.3. The Morgan fingerprint density at radius 3 is 2.33 bits per heavy atom. The summed E-state index contributed by atoms with van der Waals surface area (Å²) in [5, 5.41) is 0. The third-order valence-corrected chi connectivity index (χ3v) is 3.72. The topological polar surface area (TPSA) is 63.6 Å². The average Bonchev–Trinajstić information content (AvgIpc) is 1.86. The molecule has 0 aliphatic carbocycles. The minimum atomic E-state index is -3.71. The molecule has 0 aromatic heterocycles. The van der Waals surface area contributed by atoms with Crippen molar-refractivity contribution in [3.8, 4) is 0 Å². The maximum atomic E-state index is 10.6. The first-order valence-corrected chi connectivity index (χ1v) is 5.50. The number of methoxy groups -OCH3 is 1. The molecule has 0 radical (unpaired) electrons. The highest BCUT2D eigenvalue weighted by atomic mass is 32.7. The van der Waals surface area contributed by atoms with E-state index >= 15 is 0 Å². The lowest BCUT2D eigenvalue weighted by atomic mass is 11.5. The number of carbonyl (C=O) groups excluding carboxylic acids is 1. The minimum Gasteiger partial charge on any atom is -0.461 e. The summed E-state index contributed by atoms with van der Waals surface area (Å²) in [7, 11) is 1.07. The molecule has 0 aromatic rings. The van der Waals surface area contributed by atoms with Crippen LogP contribution in [-0.4, -0.2) is 24.0 Å². The Kier molecular flexibility index (Phi) is 3.25. The standard InChI is InChI=1S/C3H7O4PS/c1-7-3(4)8(5,6)9-2/h1-2H3,(H,5,6). The molecule has 0 rings (SSSR count). The minimum absolute atomic E-state index is 0.596. The number of carbonyl (C=O) groups is 1. The Labute approximate surface area is 56.8 Å². The van der Waals surface area contributed by atoms with Gasteiger partial charge in [-0.1, -0.05) is 11.4 Å². The highest BCUT2D eigenvalue weighted by molar-refractivity contribution is 8.60. The van der Waals surface area contributed by atoms with E-state index in [-0.39, 0.29) is 0 Å². The van der Waals surface area contributed by atoms with Crippen LogP contribution in [0.15, 0.2) is 0 Å². The van der Waals surface area contributed by atoms with Gasteiger partial charge in [0.2, 0.25) is 0 Å². The van der Waals surface area contributed by atoms with Crippen molar-refractivity contribution < 1.29 is 19.0 Å². The van der Waals surface area contributed by atoms with Crippen molar-refractivity contribution in [3.05, 3.63) is 0 Å². The van der Waals surface area contributed by atoms with Crippen molar-refractivity contribution in [2.24, 2.45) is 0 Å². The molecular weight excluding hydrogens is 163 g/mol. The van der Waals surface area contributed by atoms with Crippen LogP contribution < -0.4 is 0 Å². The van der Waals surface area contributed by atoms with Crippen LogP contribution in [0.4, 0.5) is 4.79 Å². The Morgan fingerprint density at radius 1 is 1.78 bits per heavy atom. The fourth-order valence-corrected chi connectivity index (χ4v) is 1.24. The third-order valence-electron chi connectivity index (χ3n) is 0.653. The van der Waals surface area contributed by atoms with Crippen LogP contribution in [0.1, 0.15) is 0 Å². The van der Waals surface area contributed by atoms with Crippen LogP contribution in [0.2, 0.25) is 0 Å². The van der Waals surface area contributed by atoms with Crippen molar-refractivity contribution >= 4 is 23.7 Å². The van der Waals surface area contributed by atoms with Gasteiger partial charge in [0, 0.05) is 0 Å². The van der Waals surface area contributed by atoms with E-state index in [2.05, 4.69) is 4.74 Å². The van der Waals surface area contributed by atoms with Gasteiger partial charge in [0.1, 0.15) is 0 Å². The lowest BCUT2D eigenvalue weighted by Crippen LogP contribution is -1.95. The first kappa shape index (κ1) is 9.01. The van der Waals surface area contributed by atoms with E-state index in [1.165, 1.54) is 6.26 Å². The largest absolute Gasteiger partial charge is 0.461 e. The predicted molar refractivity (Wildman–Crippen MR) is 35.7 cm³/mol. The molecule has 0 saturated carbocycles. The molecule has 0 bridgehead atoms. The summed E-state index contributed by atoms with van der Waals surface area (Å²) in [4.78, 5) is 18.9. The summed E-state index contributed by atoms with van der Waals surface area (Å²) in [5.41, 5.74) is -1.06. The van der Waals surface area contributed by atoms with Gasteiger partial charge in [0.25, 0.3) is 0 Å². The van der Waals surface area contributed by atoms with E-state index in [0.717, 1.165) is 7.11 Å². The Balaban J connectivity index is 4.16. The van der Waals surface area contributed by atoms with E-state index in [0.29, 0.717) is 11.4 Å². The van der Waals surface area contributed by atoms with E-state index in [9.17, 15) is 9.36 Å². The van der Waals surface area contributed by atoms with Crippen molar-refractivity contribution in [1.29, 1.82) is 0 Å². The van der Waals surface area contributed by atoms with Crippen LogP contribution in [0.5, 0.6) is 0 Å². The quantitative estimate of drug-likeness (QED) is 0.633. The zero-order chi connectivity index (χ0) is 7.49. The second-order valence-electron chi connectivity index (χ2n) is 1.17. The summed E-state index contributed by atoms with van der Waals surface area (Å²) in [5.74, 6) is 0. The molecule has 1 N–H and O–H groups in total. The maximum Gasteiger partial charge on any atom is 0.401 e. The van der Waals surface area contributed by atoms with Crippen molar-refractivity contribution in [2.75, 3.05) is 13.4 Å². The molecule has 0 aromatic carbocycles. The molecule has 6 heteroatoms. The van der Waals surface area contributed by atoms with E-state index in [4.69, 9.17) is 4.89 Å². The van der Waals surface area contributed by atoms with Gasteiger partial charge in [-0.15, -0.1) is 0 Å². The molecule has 0 saturated heterocycles. The molecule has 0 aliphatic heterocycles. The fourth-order valence-electron chi connectivity index (χ4n) is 0.190. The fraction of sp³-hybridized carbons (Fsp3) is 0.667. The Morgan fingerprint density at radius 2 is 2.22 bits per heavy atom. The lowest BCUT2D eigenvalue weighted by molar-refractivity contribution is 0.194. The highest BCUT2D eigenvalue weighted by Gasteiger charge is 2.28. The zero-order valence-electron chi connectivity index (χ0n) is 5.03. The van der Waals surface area contributed by atoms with Gasteiger partial charge in [0.15, 0.2) is 0 Å². The van der Waals surface area contributed by atoms with E-state index in [1.807, 2.05) is 0 Å². The van der Waals surface area contributed by atoms with Gasteiger partial charge in [-0.25, -0.2) is 4.79 Å². The second kappa shape index (κ2) is 3.25. The molecule has 1 unspecified atom stereocenters. The third kappa shape index (κ3) is 2.39. The molecule has 4 nitrogen and oxygen atoms in total. The summed E-state index contributed by atoms with van der Waals surface area (Å²) >= 11 is 0.596. The summed E-state index contributed by atoms with van der Waals surface area (Å²) in [6, 6.07) is 0. The first-order chi connectivity index (χ1) is 4.04. The summed E-state index contributed by atoms with van der Waals surface area (Å²) in [6.45, 7) is -3.71. The Bertz CT molecular complexity index is 156. The molecule has 0 spiro atoms. The number of rotatable bonds is 2. The number of hydrogen-bond donors (Lipinski definition) is 1. The van der Waals surface area contributed by atoms with Gasteiger partial charge in [-0.05, 0) is 6.26 Å². The smallest absolute Gasteiger partial charge is 0.401 e. The van der Waals surface area contributed by atoms with Crippen molar-refractivity contribution in [3.63, 3.8) is 0 Å². The predicted octanol–water partition coefficient (Wildman–Crippen LogP) is 1.30. The molecule has 9 heavy (non-hydrogen) atoms. The van der Waals surface area contributed by atoms with Gasteiger partial charge < -0.3 is 9.63 Å². The van der Waals surface area contributed by atoms with Crippen LogP contribution in [0, 0.1) is 0 Å². The van der Waals surface area contributed by atoms with Crippen LogP contribution in [-0.2, 0) is 9.30 Å². The lowest BCUT2D eigenvalue weighted by Gasteiger charge is -2.02.